The van der Waals surface area contributed by atoms with E-state index >= 15 is 0 Å². The number of rotatable bonds is 3. The van der Waals surface area contributed by atoms with Crippen molar-refractivity contribution in [3.8, 4) is 6.07 Å². The molecule has 0 saturated carbocycles. The van der Waals surface area contributed by atoms with Crippen LogP contribution in [0, 0.1) is 28.4 Å². The number of nitrogens with zero attached hydrogens (tertiary/aromatic N) is 4. The van der Waals surface area contributed by atoms with E-state index in [0.29, 0.717) is 15.1 Å². The number of aromatic nitrogens is 2. The van der Waals surface area contributed by atoms with Crippen LogP contribution in [0.4, 0.5) is 5.69 Å². The van der Waals surface area contributed by atoms with Gasteiger partial charge in [0, 0.05) is 11.0 Å². The zero-order chi connectivity index (χ0) is 13.1. The first kappa shape index (κ1) is 12.5. The second kappa shape index (κ2) is 5.12. The first-order valence-corrected chi connectivity index (χ1v) is 6.36. The molecule has 0 radical (unpaired) electrons. The van der Waals surface area contributed by atoms with Gasteiger partial charge in [0.1, 0.15) is 17.5 Å². The standard InChI is InChI=1S/C10H6N4O2S2/c1-6-12-10(18-13-6)17-8-3-2-7(5-11)9(4-8)14(15)16/h2-4H,1H3. The SMILES string of the molecule is Cc1nsc(Sc2ccc(C#N)c([N+](=O)[O-])c2)n1. The molecule has 0 aliphatic heterocycles. The second-order valence-electron chi connectivity index (χ2n) is 3.26. The summed E-state index contributed by atoms with van der Waals surface area (Å²) in [5.74, 6) is 0.672. The fraction of sp³-hybridized carbons (Fsp3) is 0.100. The fourth-order valence-corrected chi connectivity index (χ4v) is 2.90. The highest BCUT2D eigenvalue weighted by atomic mass is 32.2. The van der Waals surface area contributed by atoms with Gasteiger partial charge in [0.15, 0.2) is 4.34 Å². The molecule has 6 nitrogen and oxygen atoms in total. The maximum atomic E-state index is 10.8. The molecule has 0 N–H and O–H groups in total. The van der Waals surface area contributed by atoms with E-state index in [2.05, 4.69) is 9.36 Å². The maximum Gasteiger partial charge on any atom is 0.288 e. The highest BCUT2D eigenvalue weighted by Gasteiger charge is 2.15. The van der Waals surface area contributed by atoms with Gasteiger partial charge in [0.2, 0.25) is 0 Å². The van der Waals surface area contributed by atoms with Crippen molar-refractivity contribution in [3.63, 3.8) is 0 Å². The molecule has 0 unspecified atom stereocenters. The quantitative estimate of drug-likeness (QED) is 0.633. The van der Waals surface area contributed by atoms with Crippen LogP contribution in [0.3, 0.4) is 0 Å². The van der Waals surface area contributed by atoms with Crippen molar-refractivity contribution < 1.29 is 4.92 Å². The zero-order valence-corrected chi connectivity index (χ0v) is 10.8. The Hall–Kier alpha value is -1.98. The van der Waals surface area contributed by atoms with E-state index in [4.69, 9.17) is 5.26 Å². The third-order valence-electron chi connectivity index (χ3n) is 2.00. The monoisotopic (exact) mass is 278 g/mol. The lowest BCUT2D eigenvalue weighted by Gasteiger charge is -1.99. The molecule has 0 spiro atoms. The summed E-state index contributed by atoms with van der Waals surface area (Å²) in [6.07, 6.45) is 0. The first-order chi connectivity index (χ1) is 8.60. The summed E-state index contributed by atoms with van der Waals surface area (Å²) in [7, 11) is 0. The number of benzene rings is 1. The van der Waals surface area contributed by atoms with Gasteiger partial charge in [-0.25, -0.2) is 4.98 Å². The molecule has 8 heteroatoms. The Balaban J connectivity index is 2.33. The highest BCUT2D eigenvalue weighted by Crippen LogP contribution is 2.32. The van der Waals surface area contributed by atoms with Crippen LogP contribution < -0.4 is 0 Å². The summed E-state index contributed by atoms with van der Waals surface area (Å²) < 4.78 is 4.74. The Morgan fingerprint density at radius 2 is 2.33 bits per heavy atom. The topological polar surface area (TPSA) is 92.7 Å². The van der Waals surface area contributed by atoms with Gasteiger partial charge in [0.05, 0.1) is 4.92 Å². The molecule has 0 atom stereocenters. The van der Waals surface area contributed by atoms with Crippen molar-refractivity contribution in [2.75, 3.05) is 0 Å². The molecule has 1 heterocycles. The molecule has 0 fully saturated rings. The average Bonchev–Trinajstić information content (AvgIpc) is 2.74. The number of nitriles is 1. The van der Waals surface area contributed by atoms with Crippen LogP contribution >= 0.6 is 23.3 Å². The Labute approximate surface area is 111 Å². The van der Waals surface area contributed by atoms with Gasteiger partial charge in [-0.05, 0) is 30.6 Å². The van der Waals surface area contributed by atoms with E-state index in [1.54, 1.807) is 19.1 Å². The van der Waals surface area contributed by atoms with Crippen molar-refractivity contribution in [1.82, 2.24) is 9.36 Å². The minimum absolute atomic E-state index is 0.0535. The van der Waals surface area contributed by atoms with E-state index in [-0.39, 0.29) is 11.3 Å². The molecule has 0 saturated heterocycles. The molecule has 0 bridgehead atoms. The Morgan fingerprint density at radius 3 is 2.89 bits per heavy atom. The number of hydrogen-bond donors (Lipinski definition) is 0. The van der Waals surface area contributed by atoms with Gasteiger partial charge in [-0.3, -0.25) is 10.1 Å². The Morgan fingerprint density at radius 1 is 1.56 bits per heavy atom. The zero-order valence-electron chi connectivity index (χ0n) is 9.15. The van der Waals surface area contributed by atoms with Crippen LogP contribution in [0.15, 0.2) is 27.4 Å². The molecule has 18 heavy (non-hydrogen) atoms. The minimum atomic E-state index is -0.562. The molecule has 90 valence electrons. The van der Waals surface area contributed by atoms with Crippen LogP contribution in [-0.4, -0.2) is 14.3 Å². The van der Waals surface area contributed by atoms with Crippen LogP contribution in [0.5, 0.6) is 0 Å². The lowest BCUT2D eigenvalue weighted by atomic mass is 10.2. The number of nitro groups is 1. The Kier molecular flexibility index (Phi) is 3.55. The van der Waals surface area contributed by atoms with Gasteiger partial charge in [0.25, 0.3) is 5.69 Å². The van der Waals surface area contributed by atoms with Crippen molar-refractivity contribution in [2.45, 2.75) is 16.2 Å². The molecule has 0 amide bonds. The summed E-state index contributed by atoms with van der Waals surface area (Å²) in [4.78, 5) is 15.1. The van der Waals surface area contributed by atoms with Crippen molar-refractivity contribution in [3.05, 3.63) is 39.7 Å². The highest BCUT2D eigenvalue weighted by molar-refractivity contribution is 8.01. The van der Waals surface area contributed by atoms with E-state index in [9.17, 15) is 10.1 Å². The van der Waals surface area contributed by atoms with E-state index in [0.717, 1.165) is 0 Å². The number of hydrogen-bond acceptors (Lipinski definition) is 7. The molecule has 1 aromatic heterocycles. The predicted octanol–water partition coefficient (Wildman–Crippen LogP) is 2.78. The predicted molar refractivity (Wildman–Crippen MR) is 66.6 cm³/mol. The van der Waals surface area contributed by atoms with Crippen LogP contribution in [0.2, 0.25) is 0 Å². The van der Waals surface area contributed by atoms with E-state index in [1.807, 2.05) is 0 Å². The number of nitro benzene ring substituents is 1. The smallest absolute Gasteiger partial charge is 0.258 e. The fourth-order valence-electron chi connectivity index (χ4n) is 1.24. The largest absolute Gasteiger partial charge is 0.288 e. The van der Waals surface area contributed by atoms with Crippen molar-refractivity contribution >= 4 is 29.0 Å². The maximum absolute atomic E-state index is 10.8. The van der Waals surface area contributed by atoms with Crippen molar-refractivity contribution in [2.24, 2.45) is 0 Å². The summed E-state index contributed by atoms with van der Waals surface area (Å²) >= 11 is 2.53. The van der Waals surface area contributed by atoms with Gasteiger partial charge in [-0.2, -0.15) is 9.64 Å². The van der Waals surface area contributed by atoms with Crippen LogP contribution in [0.1, 0.15) is 11.4 Å². The molecule has 0 aliphatic rings. The lowest BCUT2D eigenvalue weighted by Crippen LogP contribution is -1.92. The summed E-state index contributed by atoms with van der Waals surface area (Å²) in [6.45, 7) is 1.78. The second-order valence-corrected chi connectivity index (χ2v) is 5.33. The summed E-state index contributed by atoms with van der Waals surface area (Å²) in [6, 6.07) is 6.27. The molecule has 2 aromatic rings. The Bertz CT molecular complexity index is 648. The van der Waals surface area contributed by atoms with Gasteiger partial charge >= 0.3 is 0 Å². The van der Waals surface area contributed by atoms with E-state index < -0.39 is 4.92 Å². The van der Waals surface area contributed by atoms with Gasteiger partial charge in [-0.15, -0.1) is 0 Å². The molecular formula is C10H6N4O2S2. The summed E-state index contributed by atoms with van der Waals surface area (Å²) in [5.41, 5.74) is -0.137. The first-order valence-electron chi connectivity index (χ1n) is 4.77. The van der Waals surface area contributed by atoms with Gasteiger partial charge in [-0.1, -0.05) is 11.8 Å². The normalized spacial score (nSPS) is 10.0. The van der Waals surface area contributed by atoms with Gasteiger partial charge < -0.3 is 0 Å². The molecule has 0 aliphatic carbocycles. The van der Waals surface area contributed by atoms with Crippen molar-refractivity contribution in [1.29, 1.82) is 5.26 Å². The third-order valence-corrected chi connectivity index (χ3v) is 3.83. The van der Waals surface area contributed by atoms with Crippen LogP contribution in [-0.2, 0) is 0 Å². The van der Waals surface area contributed by atoms with Crippen LogP contribution in [0.25, 0.3) is 0 Å². The average molecular weight is 278 g/mol. The minimum Gasteiger partial charge on any atom is -0.258 e. The molecule has 2 rings (SSSR count). The lowest BCUT2D eigenvalue weighted by molar-refractivity contribution is -0.385. The molecule has 1 aromatic carbocycles. The molecular weight excluding hydrogens is 272 g/mol. The third kappa shape index (κ3) is 2.64. The van der Waals surface area contributed by atoms with E-state index in [1.165, 1.54) is 35.4 Å². The number of aryl methyl sites for hydroxylation is 1. The summed E-state index contributed by atoms with van der Waals surface area (Å²) in [5, 5.41) is 19.6.